The number of imide groups is 1. The molecule has 3 aromatic rings. The molecule has 5 nitrogen and oxygen atoms in total. The van der Waals surface area contributed by atoms with Gasteiger partial charge in [-0.05, 0) is 41.2 Å². The number of benzene rings is 3. The SMILES string of the molecule is CC(=O)[C@@H](C(=O)N1C(=O)OC[C@@H]1Cc1ccccc1)C1c2ccccc2-c2ccccc21. The topological polar surface area (TPSA) is 63.7 Å². The van der Waals surface area contributed by atoms with Gasteiger partial charge in [-0.1, -0.05) is 78.9 Å². The Morgan fingerprint density at radius 2 is 1.47 bits per heavy atom. The lowest BCUT2D eigenvalue weighted by Crippen LogP contribution is -2.46. The van der Waals surface area contributed by atoms with E-state index in [1.807, 2.05) is 78.9 Å². The van der Waals surface area contributed by atoms with Crippen LogP contribution in [0.3, 0.4) is 0 Å². The number of fused-ring (bicyclic) bond motifs is 3. The number of amides is 2. The minimum Gasteiger partial charge on any atom is -0.447 e. The summed E-state index contributed by atoms with van der Waals surface area (Å²) in [4.78, 5) is 40.5. The van der Waals surface area contributed by atoms with Crippen LogP contribution in [0.4, 0.5) is 4.79 Å². The van der Waals surface area contributed by atoms with E-state index in [-0.39, 0.29) is 12.4 Å². The number of nitrogens with zero attached hydrogens (tertiary/aromatic N) is 1. The molecule has 160 valence electrons. The van der Waals surface area contributed by atoms with Crippen LogP contribution in [-0.2, 0) is 20.7 Å². The van der Waals surface area contributed by atoms with E-state index < -0.39 is 29.9 Å². The fraction of sp³-hybridized carbons (Fsp3) is 0.222. The second kappa shape index (κ2) is 8.08. The van der Waals surface area contributed by atoms with Crippen molar-refractivity contribution in [2.45, 2.75) is 25.3 Å². The van der Waals surface area contributed by atoms with Gasteiger partial charge in [0.1, 0.15) is 18.3 Å². The third-order valence-electron chi connectivity index (χ3n) is 6.43. The maximum absolute atomic E-state index is 13.8. The van der Waals surface area contributed by atoms with Gasteiger partial charge in [-0.15, -0.1) is 0 Å². The van der Waals surface area contributed by atoms with Crippen molar-refractivity contribution in [1.29, 1.82) is 0 Å². The van der Waals surface area contributed by atoms with Crippen molar-refractivity contribution in [1.82, 2.24) is 4.90 Å². The normalized spacial score (nSPS) is 18.1. The Bertz CT molecular complexity index is 1160. The number of ketones is 1. The van der Waals surface area contributed by atoms with Crippen molar-refractivity contribution in [3.8, 4) is 11.1 Å². The van der Waals surface area contributed by atoms with Gasteiger partial charge in [-0.3, -0.25) is 9.59 Å². The molecule has 5 rings (SSSR count). The van der Waals surface area contributed by atoms with Crippen molar-refractivity contribution in [3.05, 3.63) is 95.6 Å². The van der Waals surface area contributed by atoms with Gasteiger partial charge >= 0.3 is 6.09 Å². The first-order chi connectivity index (χ1) is 15.6. The minimum atomic E-state index is -0.997. The van der Waals surface area contributed by atoms with Crippen LogP contribution in [-0.4, -0.2) is 35.3 Å². The summed E-state index contributed by atoms with van der Waals surface area (Å²) < 4.78 is 5.26. The van der Waals surface area contributed by atoms with Crippen LogP contribution in [0.2, 0.25) is 0 Å². The van der Waals surface area contributed by atoms with E-state index in [0.717, 1.165) is 27.8 Å². The molecule has 1 aliphatic carbocycles. The van der Waals surface area contributed by atoms with E-state index in [0.29, 0.717) is 6.42 Å². The van der Waals surface area contributed by atoms with Gasteiger partial charge in [0.05, 0.1) is 6.04 Å². The molecule has 0 N–H and O–H groups in total. The maximum Gasteiger partial charge on any atom is 0.417 e. The second-order valence-corrected chi connectivity index (χ2v) is 8.37. The number of cyclic esters (lactones) is 1. The van der Waals surface area contributed by atoms with Crippen LogP contribution < -0.4 is 0 Å². The molecule has 3 aromatic carbocycles. The molecule has 2 atom stereocenters. The molecule has 2 aliphatic rings. The molecule has 0 bridgehead atoms. The third kappa shape index (κ3) is 3.30. The van der Waals surface area contributed by atoms with Crippen LogP contribution >= 0.6 is 0 Å². The van der Waals surface area contributed by atoms with Crippen molar-refractivity contribution < 1.29 is 19.1 Å². The lowest BCUT2D eigenvalue weighted by molar-refractivity contribution is -0.139. The third-order valence-corrected chi connectivity index (χ3v) is 6.43. The van der Waals surface area contributed by atoms with Gasteiger partial charge in [0, 0.05) is 5.92 Å². The highest BCUT2D eigenvalue weighted by Crippen LogP contribution is 2.48. The van der Waals surface area contributed by atoms with Crippen molar-refractivity contribution in [3.63, 3.8) is 0 Å². The van der Waals surface area contributed by atoms with Gasteiger partial charge < -0.3 is 4.74 Å². The van der Waals surface area contributed by atoms with E-state index in [1.54, 1.807) is 0 Å². The highest BCUT2D eigenvalue weighted by atomic mass is 16.6. The summed E-state index contributed by atoms with van der Waals surface area (Å²) in [6.07, 6.45) is -0.192. The molecule has 2 amide bonds. The smallest absolute Gasteiger partial charge is 0.417 e. The highest BCUT2D eigenvalue weighted by Gasteiger charge is 2.47. The Morgan fingerprint density at radius 1 is 0.906 bits per heavy atom. The molecular weight excluding hydrogens is 402 g/mol. The molecule has 1 heterocycles. The first-order valence-electron chi connectivity index (χ1n) is 10.8. The standard InChI is InChI=1S/C27H23NO4/c1-17(29)24(25-22-13-7-5-11-20(22)21-12-6-8-14-23(21)25)26(30)28-19(16-32-27(28)31)15-18-9-3-2-4-10-18/h2-14,19,24-25H,15-16H2,1H3/t19-,24+/m0/s1. The van der Waals surface area contributed by atoms with Gasteiger partial charge in [0.2, 0.25) is 5.91 Å². The lowest BCUT2D eigenvalue weighted by Gasteiger charge is -2.28. The minimum absolute atomic E-state index is 0.127. The van der Waals surface area contributed by atoms with Gasteiger partial charge in [-0.2, -0.15) is 0 Å². The Balaban J connectivity index is 1.54. The quantitative estimate of drug-likeness (QED) is 0.561. The summed E-state index contributed by atoms with van der Waals surface area (Å²) >= 11 is 0. The summed E-state index contributed by atoms with van der Waals surface area (Å²) in [5.41, 5.74) is 4.93. The first-order valence-corrected chi connectivity index (χ1v) is 10.8. The zero-order valence-electron chi connectivity index (χ0n) is 17.7. The first kappa shape index (κ1) is 20.2. The zero-order chi connectivity index (χ0) is 22.2. The molecule has 0 saturated carbocycles. The molecular formula is C27H23NO4. The van der Waals surface area contributed by atoms with Gasteiger partial charge in [0.25, 0.3) is 0 Å². The highest BCUT2D eigenvalue weighted by molar-refractivity contribution is 6.08. The van der Waals surface area contributed by atoms with Crippen LogP contribution in [0.5, 0.6) is 0 Å². The summed E-state index contributed by atoms with van der Waals surface area (Å²) in [5, 5.41) is 0. The largest absolute Gasteiger partial charge is 0.447 e. The van der Waals surface area contributed by atoms with E-state index in [1.165, 1.54) is 11.8 Å². The number of hydrogen-bond acceptors (Lipinski definition) is 4. The molecule has 5 heteroatoms. The van der Waals surface area contributed by atoms with Crippen LogP contribution in [0.1, 0.15) is 29.5 Å². The Hall–Kier alpha value is -3.73. The Labute approximate surface area is 186 Å². The van der Waals surface area contributed by atoms with E-state index in [9.17, 15) is 14.4 Å². The molecule has 1 saturated heterocycles. The van der Waals surface area contributed by atoms with Crippen molar-refractivity contribution in [2.24, 2.45) is 5.92 Å². The molecule has 0 radical (unpaired) electrons. The van der Waals surface area contributed by atoms with Gasteiger partial charge in [0.15, 0.2) is 0 Å². The van der Waals surface area contributed by atoms with Crippen LogP contribution in [0.25, 0.3) is 11.1 Å². The molecule has 1 fully saturated rings. The van der Waals surface area contributed by atoms with Crippen LogP contribution in [0.15, 0.2) is 78.9 Å². The fourth-order valence-corrected chi connectivity index (χ4v) is 5.02. The number of rotatable bonds is 5. The lowest BCUT2D eigenvalue weighted by atomic mass is 9.80. The molecule has 0 spiro atoms. The molecule has 1 aliphatic heterocycles. The maximum atomic E-state index is 13.8. The molecule has 32 heavy (non-hydrogen) atoms. The summed E-state index contributed by atoms with van der Waals surface area (Å²) in [7, 11) is 0. The number of ether oxygens (including phenoxy) is 1. The fourth-order valence-electron chi connectivity index (χ4n) is 5.02. The van der Waals surface area contributed by atoms with E-state index in [2.05, 4.69) is 0 Å². The number of hydrogen-bond donors (Lipinski definition) is 0. The van der Waals surface area contributed by atoms with Gasteiger partial charge in [-0.25, -0.2) is 9.69 Å². The van der Waals surface area contributed by atoms with E-state index in [4.69, 9.17) is 4.74 Å². The monoisotopic (exact) mass is 425 g/mol. The average molecular weight is 425 g/mol. The number of carbonyl (C=O) groups is 3. The average Bonchev–Trinajstić information content (AvgIpc) is 3.33. The number of carbonyl (C=O) groups excluding carboxylic acids is 3. The summed E-state index contributed by atoms with van der Waals surface area (Å²) in [5.74, 6) is -2.18. The van der Waals surface area contributed by atoms with Crippen LogP contribution in [0, 0.1) is 5.92 Å². The second-order valence-electron chi connectivity index (χ2n) is 8.37. The van der Waals surface area contributed by atoms with Crippen molar-refractivity contribution >= 4 is 17.8 Å². The number of Topliss-reactive ketones (excluding diaryl/α,β-unsaturated/α-hetero) is 1. The van der Waals surface area contributed by atoms with Crippen molar-refractivity contribution in [2.75, 3.05) is 6.61 Å². The summed E-state index contributed by atoms with van der Waals surface area (Å²) in [6, 6.07) is 24.9. The Morgan fingerprint density at radius 3 is 2.06 bits per heavy atom. The Kier molecular flexibility index (Phi) is 5.10. The predicted octanol–water partition coefficient (Wildman–Crippen LogP) is 4.59. The predicted molar refractivity (Wildman–Crippen MR) is 120 cm³/mol. The summed E-state index contributed by atoms with van der Waals surface area (Å²) in [6.45, 7) is 1.56. The zero-order valence-corrected chi connectivity index (χ0v) is 17.7. The van der Waals surface area contributed by atoms with E-state index >= 15 is 0 Å². The molecule has 0 aromatic heterocycles. The molecule has 0 unspecified atom stereocenters.